The molecule has 1 N–H and O–H groups in total. The summed E-state index contributed by atoms with van der Waals surface area (Å²) in [6.45, 7) is 0.338. The number of halogens is 1. The summed E-state index contributed by atoms with van der Waals surface area (Å²) in [6, 6.07) is 14.5. The van der Waals surface area contributed by atoms with Crippen LogP contribution in [0.1, 0.15) is 18.4 Å². The van der Waals surface area contributed by atoms with Gasteiger partial charge in [0.05, 0.1) is 18.2 Å². The standard InChI is InChI=1S/C17H15FN2O2/c18-14-3-1-4-16(11-14)22-10-2-5-17(21)20-15-8-6-13(12-19)7-9-15/h1,3-4,6-9,11H,2,5,10H2,(H,20,21). The molecule has 0 aromatic heterocycles. The Balaban J connectivity index is 1.70. The fraction of sp³-hybridized carbons (Fsp3) is 0.176. The topological polar surface area (TPSA) is 62.1 Å². The van der Waals surface area contributed by atoms with Crippen LogP contribution < -0.4 is 10.1 Å². The molecule has 2 aromatic carbocycles. The van der Waals surface area contributed by atoms with Crippen LogP contribution in [0.2, 0.25) is 0 Å². The quantitative estimate of drug-likeness (QED) is 0.830. The number of nitrogens with zero attached hydrogens (tertiary/aromatic N) is 1. The maximum absolute atomic E-state index is 12.9. The second-order valence-corrected chi connectivity index (χ2v) is 4.65. The number of benzene rings is 2. The second-order valence-electron chi connectivity index (χ2n) is 4.65. The summed E-state index contributed by atoms with van der Waals surface area (Å²) < 4.78 is 18.3. The summed E-state index contributed by atoms with van der Waals surface area (Å²) in [5.41, 5.74) is 1.19. The van der Waals surface area contributed by atoms with Gasteiger partial charge in [0, 0.05) is 18.2 Å². The molecule has 1 amide bonds. The number of nitriles is 1. The predicted octanol–water partition coefficient (Wildman–Crippen LogP) is 3.50. The molecule has 0 aliphatic heterocycles. The van der Waals surface area contributed by atoms with Gasteiger partial charge in [0.15, 0.2) is 0 Å². The van der Waals surface area contributed by atoms with Crippen molar-refractivity contribution in [3.05, 3.63) is 59.9 Å². The predicted molar refractivity (Wildman–Crippen MR) is 80.9 cm³/mol. The maximum atomic E-state index is 12.9. The molecule has 0 fully saturated rings. The zero-order chi connectivity index (χ0) is 15.8. The van der Waals surface area contributed by atoms with Crippen LogP contribution in [0.3, 0.4) is 0 Å². The monoisotopic (exact) mass is 298 g/mol. The lowest BCUT2D eigenvalue weighted by Gasteiger charge is -2.07. The smallest absolute Gasteiger partial charge is 0.224 e. The van der Waals surface area contributed by atoms with Crippen molar-refractivity contribution in [3.8, 4) is 11.8 Å². The average molecular weight is 298 g/mol. The zero-order valence-electron chi connectivity index (χ0n) is 11.9. The number of hydrogen-bond donors (Lipinski definition) is 1. The maximum Gasteiger partial charge on any atom is 0.224 e. The van der Waals surface area contributed by atoms with E-state index in [2.05, 4.69) is 5.32 Å². The number of carbonyl (C=O) groups is 1. The first kappa shape index (κ1) is 15.5. The Bertz CT molecular complexity index is 678. The van der Waals surface area contributed by atoms with E-state index < -0.39 is 0 Å². The molecule has 0 atom stereocenters. The van der Waals surface area contributed by atoms with Crippen molar-refractivity contribution >= 4 is 11.6 Å². The molecule has 0 heterocycles. The molecule has 22 heavy (non-hydrogen) atoms. The van der Waals surface area contributed by atoms with Crippen LogP contribution in [0.5, 0.6) is 5.75 Å². The van der Waals surface area contributed by atoms with Gasteiger partial charge in [-0.05, 0) is 42.8 Å². The Morgan fingerprint density at radius 3 is 2.68 bits per heavy atom. The second kappa shape index (κ2) is 7.79. The van der Waals surface area contributed by atoms with Crippen LogP contribution in [-0.2, 0) is 4.79 Å². The molecular formula is C17H15FN2O2. The van der Waals surface area contributed by atoms with Gasteiger partial charge in [0.1, 0.15) is 11.6 Å². The highest BCUT2D eigenvalue weighted by Crippen LogP contribution is 2.13. The number of anilines is 1. The van der Waals surface area contributed by atoms with Crippen molar-refractivity contribution in [1.29, 1.82) is 5.26 Å². The van der Waals surface area contributed by atoms with Gasteiger partial charge >= 0.3 is 0 Å². The van der Waals surface area contributed by atoms with E-state index in [4.69, 9.17) is 10.00 Å². The number of rotatable bonds is 6. The van der Waals surface area contributed by atoms with Gasteiger partial charge in [-0.3, -0.25) is 4.79 Å². The van der Waals surface area contributed by atoms with Crippen LogP contribution >= 0.6 is 0 Å². The molecule has 2 aromatic rings. The van der Waals surface area contributed by atoms with E-state index in [9.17, 15) is 9.18 Å². The molecule has 4 nitrogen and oxygen atoms in total. The van der Waals surface area contributed by atoms with Crippen molar-refractivity contribution < 1.29 is 13.9 Å². The molecule has 0 aliphatic rings. The van der Waals surface area contributed by atoms with Gasteiger partial charge in [-0.15, -0.1) is 0 Å². The average Bonchev–Trinajstić information content (AvgIpc) is 2.52. The minimum atomic E-state index is -0.351. The molecule has 0 unspecified atom stereocenters. The fourth-order valence-corrected chi connectivity index (χ4v) is 1.83. The van der Waals surface area contributed by atoms with Crippen molar-refractivity contribution in [1.82, 2.24) is 0 Å². The van der Waals surface area contributed by atoms with E-state index in [0.717, 1.165) is 0 Å². The number of hydrogen-bond acceptors (Lipinski definition) is 3. The minimum Gasteiger partial charge on any atom is -0.493 e. The van der Waals surface area contributed by atoms with E-state index in [1.54, 1.807) is 36.4 Å². The van der Waals surface area contributed by atoms with Crippen molar-refractivity contribution in [2.75, 3.05) is 11.9 Å². The fourth-order valence-electron chi connectivity index (χ4n) is 1.83. The molecule has 0 saturated heterocycles. The van der Waals surface area contributed by atoms with E-state index in [0.29, 0.717) is 36.4 Å². The molecular weight excluding hydrogens is 283 g/mol. The first-order valence-corrected chi connectivity index (χ1v) is 6.86. The minimum absolute atomic E-state index is 0.132. The SMILES string of the molecule is N#Cc1ccc(NC(=O)CCCOc2cccc(F)c2)cc1. The molecule has 0 spiro atoms. The number of nitrogens with one attached hydrogen (secondary N) is 1. The summed E-state index contributed by atoms with van der Waals surface area (Å²) in [5.74, 6) is -0.0314. The molecule has 0 bridgehead atoms. The van der Waals surface area contributed by atoms with Gasteiger partial charge < -0.3 is 10.1 Å². The van der Waals surface area contributed by atoms with E-state index in [1.807, 2.05) is 6.07 Å². The number of carbonyl (C=O) groups excluding carboxylic acids is 1. The van der Waals surface area contributed by atoms with Gasteiger partial charge in [-0.2, -0.15) is 5.26 Å². The van der Waals surface area contributed by atoms with Crippen molar-refractivity contribution in [2.24, 2.45) is 0 Å². The van der Waals surface area contributed by atoms with Crippen LogP contribution in [0.25, 0.3) is 0 Å². The summed E-state index contributed by atoms with van der Waals surface area (Å²) in [6.07, 6.45) is 0.827. The van der Waals surface area contributed by atoms with Gasteiger partial charge in [0.2, 0.25) is 5.91 Å². The van der Waals surface area contributed by atoms with E-state index >= 15 is 0 Å². The third-order valence-electron chi connectivity index (χ3n) is 2.91. The van der Waals surface area contributed by atoms with Crippen LogP contribution in [0, 0.1) is 17.1 Å². The van der Waals surface area contributed by atoms with E-state index in [-0.39, 0.29) is 11.7 Å². The largest absolute Gasteiger partial charge is 0.493 e. The first-order valence-electron chi connectivity index (χ1n) is 6.86. The lowest BCUT2D eigenvalue weighted by atomic mass is 10.2. The highest BCUT2D eigenvalue weighted by atomic mass is 19.1. The molecule has 0 aliphatic carbocycles. The van der Waals surface area contributed by atoms with Gasteiger partial charge in [0.25, 0.3) is 0 Å². The third-order valence-corrected chi connectivity index (χ3v) is 2.91. The highest BCUT2D eigenvalue weighted by Gasteiger charge is 2.03. The van der Waals surface area contributed by atoms with Crippen LogP contribution in [-0.4, -0.2) is 12.5 Å². The first-order chi connectivity index (χ1) is 10.7. The van der Waals surface area contributed by atoms with E-state index in [1.165, 1.54) is 12.1 Å². The molecule has 5 heteroatoms. The summed E-state index contributed by atoms with van der Waals surface area (Å²) in [5, 5.41) is 11.4. The summed E-state index contributed by atoms with van der Waals surface area (Å²) >= 11 is 0. The van der Waals surface area contributed by atoms with Crippen molar-refractivity contribution in [3.63, 3.8) is 0 Å². The number of ether oxygens (including phenoxy) is 1. The highest BCUT2D eigenvalue weighted by molar-refractivity contribution is 5.90. The Hall–Kier alpha value is -2.87. The van der Waals surface area contributed by atoms with Crippen LogP contribution in [0.4, 0.5) is 10.1 Å². The summed E-state index contributed by atoms with van der Waals surface area (Å²) in [7, 11) is 0. The van der Waals surface area contributed by atoms with Crippen LogP contribution in [0.15, 0.2) is 48.5 Å². The molecule has 2 rings (SSSR count). The lowest BCUT2D eigenvalue weighted by Crippen LogP contribution is -2.12. The molecule has 0 saturated carbocycles. The Labute approximate surface area is 128 Å². The normalized spacial score (nSPS) is 9.82. The number of amides is 1. The third kappa shape index (κ3) is 4.91. The zero-order valence-corrected chi connectivity index (χ0v) is 11.9. The molecule has 112 valence electrons. The van der Waals surface area contributed by atoms with Crippen molar-refractivity contribution in [2.45, 2.75) is 12.8 Å². The Morgan fingerprint density at radius 2 is 2.00 bits per heavy atom. The van der Waals surface area contributed by atoms with Gasteiger partial charge in [-0.25, -0.2) is 4.39 Å². The summed E-state index contributed by atoms with van der Waals surface area (Å²) in [4.78, 5) is 11.7. The Kier molecular flexibility index (Phi) is 5.50. The lowest BCUT2D eigenvalue weighted by molar-refractivity contribution is -0.116. The molecule has 0 radical (unpaired) electrons. The van der Waals surface area contributed by atoms with Gasteiger partial charge in [-0.1, -0.05) is 6.07 Å². The Morgan fingerprint density at radius 1 is 1.23 bits per heavy atom.